The van der Waals surface area contributed by atoms with Gasteiger partial charge in [-0.05, 0) is 65.2 Å². The molecule has 0 unspecified atom stereocenters. The van der Waals surface area contributed by atoms with Crippen LogP contribution in [0.3, 0.4) is 0 Å². The first-order valence-electron chi connectivity index (χ1n) is 15.0. The Bertz CT molecular complexity index is 1490. The number of hydrogen-bond donors (Lipinski definition) is 0. The Balaban J connectivity index is 1.18. The van der Waals surface area contributed by atoms with Gasteiger partial charge in [0.05, 0.1) is 5.54 Å². The van der Waals surface area contributed by atoms with Gasteiger partial charge in [-0.3, -0.25) is 9.80 Å². The Morgan fingerprint density at radius 2 is 0.977 bits per heavy atom. The monoisotopic (exact) mass is 587 g/mol. The van der Waals surface area contributed by atoms with Gasteiger partial charge in [0.1, 0.15) is 24.0 Å². The molecule has 0 aromatic heterocycles. The Kier molecular flexibility index (Phi) is 9.20. The summed E-state index contributed by atoms with van der Waals surface area (Å²) >= 11 is 0. The maximum absolute atomic E-state index is 13.6. The fourth-order valence-corrected chi connectivity index (χ4v) is 6.16. The molecule has 1 saturated heterocycles. The molecular formula is C38H35F2N3O. The van der Waals surface area contributed by atoms with Gasteiger partial charge in [0.15, 0.2) is 0 Å². The predicted molar refractivity (Wildman–Crippen MR) is 172 cm³/mol. The number of piperazine rings is 1. The molecule has 5 aromatic rings. The molecule has 1 heterocycles. The van der Waals surface area contributed by atoms with Crippen LogP contribution in [0.1, 0.15) is 27.8 Å². The summed E-state index contributed by atoms with van der Waals surface area (Å²) in [5.74, 6) is -0.661. The number of oxime groups is 1. The quantitative estimate of drug-likeness (QED) is 0.0741. The van der Waals surface area contributed by atoms with Crippen molar-refractivity contribution in [1.82, 2.24) is 9.80 Å². The molecule has 4 nitrogen and oxygen atoms in total. The van der Waals surface area contributed by atoms with E-state index >= 15 is 0 Å². The summed E-state index contributed by atoms with van der Waals surface area (Å²) in [7, 11) is 0. The summed E-state index contributed by atoms with van der Waals surface area (Å²) in [6, 6.07) is 44.5. The van der Waals surface area contributed by atoms with E-state index in [9.17, 15) is 8.78 Å². The van der Waals surface area contributed by atoms with Crippen LogP contribution >= 0.6 is 0 Å². The first-order chi connectivity index (χ1) is 21.6. The standard InChI is InChI=1S/C38H35F2N3O/c39-35-20-16-30(17-21-35)37(31-18-22-36(40)23-19-31)41-44-29-28-42-24-26-43(27-25-42)38(32-10-4-1-5-11-32,33-12-6-2-7-13-33)34-14-8-3-9-15-34/h1-23H,24-29H2. The number of rotatable bonds is 10. The summed E-state index contributed by atoms with van der Waals surface area (Å²) in [5, 5.41) is 4.42. The van der Waals surface area contributed by atoms with Gasteiger partial charge in [0.25, 0.3) is 0 Å². The molecule has 6 heteroatoms. The average molecular weight is 588 g/mol. The molecule has 0 atom stereocenters. The smallest absolute Gasteiger partial charge is 0.129 e. The molecule has 0 aliphatic carbocycles. The Labute approximate surface area is 257 Å². The summed E-state index contributed by atoms with van der Waals surface area (Å²) in [6.07, 6.45) is 0. The van der Waals surface area contributed by atoms with Crippen LogP contribution in [0.2, 0.25) is 0 Å². The average Bonchev–Trinajstić information content (AvgIpc) is 3.08. The molecular weight excluding hydrogens is 552 g/mol. The van der Waals surface area contributed by atoms with Crippen molar-refractivity contribution in [1.29, 1.82) is 0 Å². The zero-order valence-electron chi connectivity index (χ0n) is 24.5. The number of halogens is 2. The number of benzene rings is 5. The van der Waals surface area contributed by atoms with Crippen LogP contribution in [-0.4, -0.2) is 54.8 Å². The SMILES string of the molecule is Fc1ccc(C(=NOCCN2CCN(C(c3ccccc3)(c3ccccc3)c3ccccc3)CC2)c2ccc(F)cc2)cc1. The second-order valence-electron chi connectivity index (χ2n) is 10.9. The molecule has 5 aromatic carbocycles. The summed E-state index contributed by atoms with van der Waals surface area (Å²) in [4.78, 5) is 10.8. The molecule has 0 bridgehead atoms. The second kappa shape index (κ2) is 13.8. The van der Waals surface area contributed by atoms with Crippen LogP contribution < -0.4 is 0 Å². The molecule has 0 saturated carbocycles. The molecule has 0 N–H and O–H groups in total. The van der Waals surface area contributed by atoms with Gasteiger partial charge in [0, 0.05) is 43.9 Å². The lowest BCUT2D eigenvalue weighted by molar-refractivity contribution is 0.0497. The second-order valence-corrected chi connectivity index (χ2v) is 10.9. The minimum absolute atomic E-state index is 0.330. The molecule has 1 fully saturated rings. The molecule has 1 aliphatic heterocycles. The van der Waals surface area contributed by atoms with Gasteiger partial charge in [-0.15, -0.1) is 0 Å². The van der Waals surface area contributed by atoms with Gasteiger partial charge in [-0.1, -0.05) is 96.2 Å². The highest BCUT2D eigenvalue weighted by atomic mass is 19.1. The van der Waals surface area contributed by atoms with Crippen molar-refractivity contribution < 1.29 is 13.6 Å². The third-order valence-corrected chi connectivity index (χ3v) is 8.31. The van der Waals surface area contributed by atoms with Gasteiger partial charge >= 0.3 is 0 Å². The Morgan fingerprint density at radius 1 is 0.568 bits per heavy atom. The molecule has 0 radical (unpaired) electrons. The minimum atomic E-state index is -0.421. The van der Waals surface area contributed by atoms with Crippen molar-refractivity contribution in [3.63, 3.8) is 0 Å². The fourth-order valence-electron chi connectivity index (χ4n) is 6.16. The molecule has 0 amide bonds. The highest BCUT2D eigenvalue weighted by Crippen LogP contribution is 2.42. The largest absolute Gasteiger partial charge is 0.394 e. The summed E-state index contributed by atoms with van der Waals surface area (Å²) in [6.45, 7) is 4.62. The van der Waals surface area contributed by atoms with Crippen molar-refractivity contribution in [2.24, 2.45) is 5.16 Å². The maximum atomic E-state index is 13.6. The first kappa shape index (κ1) is 29.4. The van der Waals surface area contributed by atoms with E-state index in [4.69, 9.17) is 4.84 Å². The zero-order chi connectivity index (χ0) is 30.2. The third kappa shape index (κ3) is 6.32. The fraction of sp³-hybridized carbons (Fsp3) is 0.184. The summed E-state index contributed by atoms with van der Waals surface area (Å²) < 4.78 is 27.2. The van der Waals surface area contributed by atoms with Gasteiger partial charge in [-0.2, -0.15) is 0 Å². The van der Waals surface area contributed by atoms with Crippen molar-refractivity contribution >= 4 is 5.71 Å². The van der Waals surface area contributed by atoms with Crippen molar-refractivity contribution in [2.75, 3.05) is 39.3 Å². The van der Waals surface area contributed by atoms with Crippen LogP contribution in [-0.2, 0) is 10.4 Å². The van der Waals surface area contributed by atoms with Gasteiger partial charge in [-0.25, -0.2) is 8.78 Å². The topological polar surface area (TPSA) is 28.1 Å². The normalized spacial score (nSPS) is 14.2. The predicted octanol–water partition coefficient (Wildman–Crippen LogP) is 7.34. The zero-order valence-corrected chi connectivity index (χ0v) is 24.5. The van der Waals surface area contributed by atoms with E-state index in [1.807, 2.05) is 0 Å². The van der Waals surface area contributed by atoms with Crippen LogP contribution in [0.5, 0.6) is 0 Å². The lowest BCUT2D eigenvalue weighted by Gasteiger charge is -2.49. The Hall–Kier alpha value is -4.65. The Morgan fingerprint density at radius 3 is 1.39 bits per heavy atom. The maximum Gasteiger partial charge on any atom is 0.129 e. The molecule has 1 aliphatic rings. The van der Waals surface area contributed by atoms with Crippen LogP contribution in [0, 0.1) is 11.6 Å². The molecule has 44 heavy (non-hydrogen) atoms. The first-order valence-corrected chi connectivity index (χ1v) is 15.0. The van der Waals surface area contributed by atoms with E-state index in [-0.39, 0.29) is 11.6 Å². The van der Waals surface area contributed by atoms with Crippen molar-refractivity contribution in [2.45, 2.75) is 5.54 Å². The highest BCUT2D eigenvalue weighted by Gasteiger charge is 2.43. The van der Waals surface area contributed by atoms with Crippen molar-refractivity contribution in [3.05, 3.63) is 179 Å². The van der Waals surface area contributed by atoms with E-state index < -0.39 is 5.54 Å². The molecule has 6 rings (SSSR count). The van der Waals surface area contributed by atoms with Crippen molar-refractivity contribution in [3.8, 4) is 0 Å². The van der Waals surface area contributed by atoms with E-state index in [1.54, 1.807) is 24.3 Å². The van der Waals surface area contributed by atoms with E-state index in [0.717, 1.165) is 26.2 Å². The van der Waals surface area contributed by atoms with E-state index in [0.29, 0.717) is 30.0 Å². The van der Waals surface area contributed by atoms with Crippen LogP contribution in [0.15, 0.2) is 145 Å². The van der Waals surface area contributed by atoms with Crippen LogP contribution in [0.4, 0.5) is 8.78 Å². The number of hydrogen-bond acceptors (Lipinski definition) is 4. The lowest BCUT2D eigenvalue weighted by atomic mass is 9.75. The summed E-state index contributed by atoms with van der Waals surface area (Å²) in [5.41, 5.74) is 5.26. The van der Waals surface area contributed by atoms with Crippen LogP contribution in [0.25, 0.3) is 0 Å². The van der Waals surface area contributed by atoms with E-state index in [2.05, 4.69) is 106 Å². The molecule has 222 valence electrons. The highest BCUT2D eigenvalue weighted by molar-refractivity contribution is 6.12. The third-order valence-electron chi connectivity index (χ3n) is 8.31. The minimum Gasteiger partial charge on any atom is -0.394 e. The molecule has 0 spiro atoms. The van der Waals surface area contributed by atoms with E-state index in [1.165, 1.54) is 41.0 Å². The van der Waals surface area contributed by atoms with Gasteiger partial charge < -0.3 is 4.84 Å². The number of nitrogens with zero attached hydrogens (tertiary/aromatic N) is 3. The lowest BCUT2D eigenvalue weighted by Crippen LogP contribution is -2.56. The van der Waals surface area contributed by atoms with Gasteiger partial charge in [0.2, 0.25) is 0 Å².